The molecule has 0 radical (unpaired) electrons. The fourth-order valence-corrected chi connectivity index (χ4v) is 2.36. The molecule has 0 atom stereocenters. The largest absolute Gasteiger partial charge is 0.461 e. The lowest BCUT2D eigenvalue weighted by Gasteiger charge is -2.17. The zero-order valence-corrected chi connectivity index (χ0v) is 14.2. The first-order chi connectivity index (χ1) is 9.38. The van der Waals surface area contributed by atoms with Crippen LogP contribution in [0.5, 0.6) is 0 Å². The molecule has 1 aromatic carbocycles. The number of likely N-dealkylation sites (N-methyl/N-ethyl adjacent to an activating group) is 1. The van der Waals surface area contributed by atoms with Gasteiger partial charge in [0.05, 0.1) is 10.5 Å². The molecular weight excluding hydrogens is 314 g/mol. The highest BCUT2D eigenvalue weighted by Crippen LogP contribution is 2.11. The summed E-state index contributed by atoms with van der Waals surface area (Å²) in [4.78, 5) is 14.1. The third-order valence-electron chi connectivity index (χ3n) is 3.05. The van der Waals surface area contributed by atoms with Gasteiger partial charge in [0.25, 0.3) is 0 Å². The van der Waals surface area contributed by atoms with Gasteiger partial charge in [0, 0.05) is 12.8 Å². The molecule has 0 saturated heterocycles. The monoisotopic (exact) mass is 335 g/mol. The highest BCUT2D eigenvalue weighted by molar-refractivity contribution is 7.90. The second kappa shape index (κ2) is 9.02. The van der Waals surface area contributed by atoms with E-state index in [4.69, 9.17) is 4.74 Å². The third-order valence-corrected chi connectivity index (χ3v) is 4.18. The Kier molecular flexibility index (Phi) is 8.54. The predicted octanol–water partition coefficient (Wildman–Crippen LogP) is 2.01. The molecule has 0 aliphatic heterocycles. The van der Waals surface area contributed by atoms with Gasteiger partial charge in [-0.1, -0.05) is 13.8 Å². The minimum absolute atomic E-state index is 0. The van der Waals surface area contributed by atoms with E-state index < -0.39 is 15.8 Å². The lowest BCUT2D eigenvalue weighted by atomic mass is 10.2. The first kappa shape index (κ1) is 19.9. The van der Waals surface area contributed by atoms with Crippen LogP contribution in [-0.4, -0.2) is 51.8 Å². The molecule has 0 N–H and O–H groups in total. The summed E-state index contributed by atoms with van der Waals surface area (Å²) in [5, 5.41) is 0. The summed E-state index contributed by atoms with van der Waals surface area (Å²) in [5.74, 6) is -0.433. The summed E-state index contributed by atoms with van der Waals surface area (Å²) in [7, 11) is -3.24. The molecule has 0 bridgehead atoms. The Balaban J connectivity index is 0.00000400. The molecule has 1 rings (SSSR count). The van der Waals surface area contributed by atoms with Gasteiger partial charge in [-0.3, -0.25) is 0 Å². The zero-order chi connectivity index (χ0) is 15.2. The average Bonchev–Trinajstić information content (AvgIpc) is 2.42. The summed E-state index contributed by atoms with van der Waals surface area (Å²) in [6, 6.07) is 5.76. The average molecular weight is 336 g/mol. The van der Waals surface area contributed by atoms with Crippen LogP contribution in [0.15, 0.2) is 29.2 Å². The quantitative estimate of drug-likeness (QED) is 0.713. The Morgan fingerprint density at radius 2 is 1.67 bits per heavy atom. The van der Waals surface area contributed by atoms with Crippen molar-refractivity contribution in [2.75, 3.05) is 32.5 Å². The van der Waals surface area contributed by atoms with Crippen molar-refractivity contribution >= 4 is 28.2 Å². The highest BCUT2D eigenvalue weighted by Gasteiger charge is 2.11. The first-order valence-electron chi connectivity index (χ1n) is 6.58. The molecule has 0 aliphatic carbocycles. The normalized spacial score (nSPS) is 11.0. The summed E-state index contributed by atoms with van der Waals surface area (Å²) < 4.78 is 27.8. The van der Waals surface area contributed by atoms with E-state index in [1.54, 1.807) is 0 Å². The van der Waals surface area contributed by atoms with Crippen LogP contribution >= 0.6 is 12.4 Å². The Morgan fingerprint density at radius 1 is 1.14 bits per heavy atom. The predicted molar refractivity (Wildman–Crippen MR) is 84.9 cm³/mol. The van der Waals surface area contributed by atoms with E-state index in [0.29, 0.717) is 18.7 Å². The summed E-state index contributed by atoms with van der Waals surface area (Å²) in [5.41, 5.74) is 0.358. The van der Waals surface area contributed by atoms with Crippen molar-refractivity contribution in [3.63, 3.8) is 0 Å². The number of carbonyl (C=O) groups is 1. The van der Waals surface area contributed by atoms with Crippen LogP contribution in [0, 0.1) is 0 Å². The molecular formula is C14H22ClNO4S. The number of nitrogens with zero attached hydrogens (tertiary/aromatic N) is 1. The highest BCUT2D eigenvalue weighted by atomic mass is 35.5. The Hall–Kier alpha value is -1.11. The van der Waals surface area contributed by atoms with Gasteiger partial charge in [-0.25, -0.2) is 13.2 Å². The third kappa shape index (κ3) is 6.46. The maximum atomic E-state index is 11.8. The molecule has 5 nitrogen and oxygen atoms in total. The minimum atomic E-state index is -3.24. The zero-order valence-electron chi connectivity index (χ0n) is 12.5. The van der Waals surface area contributed by atoms with Crippen LogP contribution in [0.3, 0.4) is 0 Å². The molecule has 0 saturated carbocycles. The van der Waals surface area contributed by atoms with E-state index in [2.05, 4.69) is 18.7 Å². The van der Waals surface area contributed by atoms with E-state index in [0.717, 1.165) is 19.3 Å². The minimum Gasteiger partial charge on any atom is -0.461 e. The van der Waals surface area contributed by atoms with Gasteiger partial charge in [-0.05, 0) is 37.4 Å². The fraction of sp³-hybridized carbons (Fsp3) is 0.500. The summed E-state index contributed by atoms with van der Waals surface area (Å²) >= 11 is 0. The molecule has 0 heterocycles. The molecule has 0 fully saturated rings. The number of hydrogen-bond acceptors (Lipinski definition) is 5. The number of benzene rings is 1. The van der Waals surface area contributed by atoms with Crippen LogP contribution in [0.25, 0.3) is 0 Å². The van der Waals surface area contributed by atoms with Crippen LogP contribution in [0.4, 0.5) is 0 Å². The van der Waals surface area contributed by atoms with Gasteiger partial charge >= 0.3 is 5.97 Å². The molecule has 7 heteroatoms. The van der Waals surface area contributed by atoms with Crippen LogP contribution in [0.2, 0.25) is 0 Å². The fourth-order valence-electron chi connectivity index (χ4n) is 1.73. The van der Waals surface area contributed by atoms with Crippen molar-refractivity contribution in [2.24, 2.45) is 0 Å². The molecule has 0 amide bonds. The van der Waals surface area contributed by atoms with E-state index in [9.17, 15) is 13.2 Å². The Labute approximate surface area is 132 Å². The van der Waals surface area contributed by atoms with Gasteiger partial charge in [0.2, 0.25) is 0 Å². The second-order valence-electron chi connectivity index (χ2n) is 4.46. The molecule has 0 aromatic heterocycles. The van der Waals surface area contributed by atoms with Crippen molar-refractivity contribution in [1.29, 1.82) is 0 Å². The number of sulfone groups is 1. The number of ether oxygens (including phenoxy) is 1. The number of hydrogen-bond donors (Lipinski definition) is 0. The first-order valence-corrected chi connectivity index (χ1v) is 8.47. The number of halogens is 1. The van der Waals surface area contributed by atoms with Crippen LogP contribution in [-0.2, 0) is 14.6 Å². The summed E-state index contributed by atoms with van der Waals surface area (Å²) in [6.07, 6.45) is 1.13. The van der Waals surface area contributed by atoms with Crippen molar-refractivity contribution in [3.05, 3.63) is 29.8 Å². The van der Waals surface area contributed by atoms with E-state index in [1.807, 2.05) is 0 Å². The number of esters is 1. The second-order valence-corrected chi connectivity index (χ2v) is 6.48. The van der Waals surface area contributed by atoms with Crippen LogP contribution in [0.1, 0.15) is 24.2 Å². The van der Waals surface area contributed by atoms with Gasteiger partial charge in [-0.15, -0.1) is 12.4 Å². The molecule has 0 unspecified atom stereocenters. The smallest absolute Gasteiger partial charge is 0.338 e. The lowest BCUT2D eigenvalue weighted by Crippen LogP contribution is -2.27. The van der Waals surface area contributed by atoms with Crippen molar-refractivity contribution in [2.45, 2.75) is 18.7 Å². The van der Waals surface area contributed by atoms with Gasteiger partial charge in [0.1, 0.15) is 6.61 Å². The van der Waals surface area contributed by atoms with E-state index >= 15 is 0 Å². The van der Waals surface area contributed by atoms with Gasteiger partial charge in [0.15, 0.2) is 9.84 Å². The van der Waals surface area contributed by atoms with Crippen molar-refractivity contribution in [1.82, 2.24) is 4.90 Å². The SMILES string of the molecule is CCN(CC)CCOC(=O)c1ccc(S(C)(=O)=O)cc1.Cl. The maximum absolute atomic E-state index is 11.8. The van der Waals surface area contributed by atoms with Crippen molar-refractivity contribution < 1.29 is 17.9 Å². The maximum Gasteiger partial charge on any atom is 0.338 e. The van der Waals surface area contributed by atoms with Crippen LogP contribution < -0.4 is 0 Å². The Morgan fingerprint density at radius 3 is 2.10 bits per heavy atom. The van der Waals surface area contributed by atoms with Gasteiger partial charge in [-0.2, -0.15) is 0 Å². The molecule has 1 aromatic rings. The summed E-state index contributed by atoms with van der Waals surface area (Å²) in [6.45, 7) is 6.95. The topological polar surface area (TPSA) is 63.7 Å². The molecule has 0 aliphatic rings. The number of carbonyl (C=O) groups excluding carboxylic acids is 1. The Bertz CT molecular complexity index is 539. The molecule has 120 valence electrons. The van der Waals surface area contributed by atoms with E-state index in [-0.39, 0.29) is 17.3 Å². The molecule has 21 heavy (non-hydrogen) atoms. The van der Waals surface area contributed by atoms with Gasteiger partial charge < -0.3 is 9.64 Å². The van der Waals surface area contributed by atoms with Crippen molar-refractivity contribution in [3.8, 4) is 0 Å². The number of rotatable bonds is 7. The van der Waals surface area contributed by atoms with E-state index in [1.165, 1.54) is 24.3 Å². The molecule has 0 spiro atoms. The lowest BCUT2D eigenvalue weighted by molar-refractivity contribution is 0.0466. The standard InChI is InChI=1S/C14H21NO4S.ClH/c1-4-15(5-2)10-11-19-14(16)12-6-8-13(9-7-12)20(3,17)18;/h6-9H,4-5,10-11H2,1-3H3;1H.